The minimum Gasteiger partial charge on any atom is -0.478 e. The van der Waals surface area contributed by atoms with Crippen molar-refractivity contribution in [3.8, 4) is 0 Å². The predicted molar refractivity (Wildman–Crippen MR) is 62.2 cm³/mol. The summed E-state index contributed by atoms with van der Waals surface area (Å²) in [6, 6.07) is 3.31. The highest BCUT2D eigenvalue weighted by Crippen LogP contribution is 2.40. The van der Waals surface area contributed by atoms with Crippen LogP contribution in [0.1, 0.15) is 34.8 Å². The van der Waals surface area contributed by atoms with E-state index in [-0.39, 0.29) is 11.6 Å². The van der Waals surface area contributed by atoms with Crippen LogP contribution in [0.5, 0.6) is 0 Å². The summed E-state index contributed by atoms with van der Waals surface area (Å²) in [6.07, 6.45) is -1.24. The monoisotopic (exact) mass is 269 g/mol. The molecule has 1 aromatic heterocycles. The lowest BCUT2D eigenvalue weighted by atomic mass is 10.1. The molecular weight excluding hydrogens is 259 g/mol. The molecule has 1 heterocycles. The van der Waals surface area contributed by atoms with Gasteiger partial charge in [-0.15, -0.1) is 0 Å². The van der Waals surface area contributed by atoms with Crippen molar-refractivity contribution in [1.82, 2.24) is 4.57 Å². The van der Waals surface area contributed by atoms with E-state index in [0.717, 1.165) is 25.0 Å². The van der Waals surface area contributed by atoms with Gasteiger partial charge in [0.25, 0.3) is 0 Å². The third kappa shape index (κ3) is 1.97. The standard InChI is InChI=1S/C13H10F3NO2/c14-13(15,16)7-1-4-9-10(12(18)19)6-17(8-2-3-8)11(9)5-7/h1,4-6,8H,2-3H2,(H,18,19). The number of alkyl halides is 3. The molecule has 0 unspecified atom stereocenters. The lowest BCUT2D eigenvalue weighted by molar-refractivity contribution is -0.137. The maximum absolute atomic E-state index is 12.7. The van der Waals surface area contributed by atoms with E-state index in [0.29, 0.717) is 10.9 Å². The number of hydrogen-bond acceptors (Lipinski definition) is 1. The molecule has 3 nitrogen and oxygen atoms in total. The number of aromatic carboxylic acids is 1. The van der Waals surface area contributed by atoms with E-state index in [4.69, 9.17) is 5.11 Å². The first-order valence-electron chi connectivity index (χ1n) is 5.83. The van der Waals surface area contributed by atoms with E-state index >= 15 is 0 Å². The number of carboxylic acid groups (broad SMARTS) is 1. The summed E-state index contributed by atoms with van der Waals surface area (Å²) in [6.45, 7) is 0. The van der Waals surface area contributed by atoms with Crippen LogP contribution in [0.4, 0.5) is 13.2 Å². The van der Waals surface area contributed by atoms with Crippen molar-refractivity contribution >= 4 is 16.9 Å². The first-order chi connectivity index (χ1) is 8.88. The normalized spacial score (nSPS) is 15.9. The average molecular weight is 269 g/mol. The Hall–Kier alpha value is -1.98. The van der Waals surface area contributed by atoms with Crippen LogP contribution in [0, 0.1) is 0 Å². The molecule has 3 rings (SSSR count). The fraction of sp³-hybridized carbons (Fsp3) is 0.308. The van der Waals surface area contributed by atoms with E-state index in [9.17, 15) is 18.0 Å². The SMILES string of the molecule is O=C(O)c1cn(C2CC2)c2cc(C(F)(F)F)ccc12. The van der Waals surface area contributed by atoms with Gasteiger partial charge in [-0.25, -0.2) is 4.79 Å². The Labute approximate surface area is 106 Å². The second kappa shape index (κ2) is 3.76. The molecule has 1 aliphatic carbocycles. The molecule has 0 saturated heterocycles. The minimum atomic E-state index is -4.42. The Balaban J connectivity index is 2.26. The Kier molecular flexibility index (Phi) is 2.39. The molecule has 100 valence electrons. The molecule has 0 spiro atoms. The summed E-state index contributed by atoms with van der Waals surface area (Å²) >= 11 is 0. The van der Waals surface area contributed by atoms with E-state index in [1.54, 1.807) is 4.57 Å². The van der Waals surface area contributed by atoms with Crippen molar-refractivity contribution in [1.29, 1.82) is 0 Å². The number of halogens is 3. The third-order valence-electron chi connectivity index (χ3n) is 3.33. The van der Waals surface area contributed by atoms with Crippen LogP contribution in [-0.2, 0) is 6.18 Å². The summed E-state index contributed by atoms with van der Waals surface area (Å²) < 4.78 is 39.8. The van der Waals surface area contributed by atoms with Crippen molar-refractivity contribution in [2.45, 2.75) is 25.1 Å². The molecule has 6 heteroatoms. The highest BCUT2D eigenvalue weighted by Gasteiger charge is 2.33. The molecule has 0 amide bonds. The van der Waals surface area contributed by atoms with Crippen LogP contribution in [0.15, 0.2) is 24.4 Å². The quantitative estimate of drug-likeness (QED) is 0.903. The molecule has 0 bridgehead atoms. The maximum atomic E-state index is 12.7. The zero-order valence-electron chi connectivity index (χ0n) is 9.74. The van der Waals surface area contributed by atoms with Gasteiger partial charge in [-0.1, -0.05) is 6.07 Å². The molecule has 1 aromatic carbocycles. The molecule has 0 radical (unpaired) electrons. The summed E-state index contributed by atoms with van der Waals surface area (Å²) in [5.74, 6) is -1.12. The van der Waals surface area contributed by atoms with Crippen LogP contribution >= 0.6 is 0 Å². The molecule has 19 heavy (non-hydrogen) atoms. The first kappa shape index (κ1) is 12.1. The Morgan fingerprint density at radius 2 is 2.00 bits per heavy atom. The van der Waals surface area contributed by atoms with Crippen molar-refractivity contribution in [3.63, 3.8) is 0 Å². The molecule has 0 aliphatic heterocycles. The third-order valence-corrected chi connectivity index (χ3v) is 3.33. The average Bonchev–Trinajstić information content (AvgIpc) is 3.08. The smallest absolute Gasteiger partial charge is 0.416 e. The number of rotatable bonds is 2. The number of carbonyl (C=O) groups is 1. The van der Waals surface area contributed by atoms with Crippen LogP contribution in [0.2, 0.25) is 0 Å². The highest BCUT2D eigenvalue weighted by molar-refractivity contribution is 6.03. The van der Waals surface area contributed by atoms with Gasteiger partial charge in [0.1, 0.15) is 0 Å². The van der Waals surface area contributed by atoms with Gasteiger partial charge in [0.2, 0.25) is 0 Å². The molecule has 2 aromatic rings. The van der Waals surface area contributed by atoms with Crippen molar-refractivity contribution in [2.24, 2.45) is 0 Å². The molecule has 1 N–H and O–H groups in total. The zero-order chi connectivity index (χ0) is 13.8. The van der Waals surface area contributed by atoms with Crippen LogP contribution in [0.25, 0.3) is 10.9 Å². The van der Waals surface area contributed by atoms with E-state index in [1.165, 1.54) is 12.3 Å². The Morgan fingerprint density at radius 1 is 1.32 bits per heavy atom. The lowest BCUT2D eigenvalue weighted by Crippen LogP contribution is -2.05. The fourth-order valence-corrected chi connectivity index (χ4v) is 2.25. The number of nitrogens with zero attached hydrogens (tertiary/aromatic N) is 1. The number of hydrogen-bond donors (Lipinski definition) is 1. The summed E-state index contributed by atoms with van der Waals surface area (Å²) in [5.41, 5.74) is -0.359. The van der Waals surface area contributed by atoms with Crippen LogP contribution in [-0.4, -0.2) is 15.6 Å². The Bertz CT molecular complexity index is 668. The van der Waals surface area contributed by atoms with Crippen molar-refractivity contribution < 1.29 is 23.1 Å². The molecule has 1 fully saturated rings. The fourth-order valence-electron chi connectivity index (χ4n) is 2.25. The van der Waals surface area contributed by atoms with Gasteiger partial charge in [0.05, 0.1) is 11.1 Å². The molecular formula is C13H10F3NO2. The minimum absolute atomic E-state index is 0.0515. The summed E-state index contributed by atoms with van der Waals surface area (Å²) in [4.78, 5) is 11.1. The zero-order valence-corrected chi connectivity index (χ0v) is 9.74. The highest BCUT2D eigenvalue weighted by atomic mass is 19.4. The lowest BCUT2D eigenvalue weighted by Gasteiger charge is -2.08. The predicted octanol–water partition coefficient (Wildman–Crippen LogP) is 3.69. The molecule has 1 saturated carbocycles. The number of benzene rings is 1. The first-order valence-corrected chi connectivity index (χ1v) is 5.83. The van der Waals surface area contributed by atoms with Gasteiger partial charge in [-0.05, 0) is 25.0 Å². The van der Waals surface area contributed by atoms with Crippen molar-refractivity contribution in [2.75, 3.05) is 0 Å². The summed E-state index contributed by atoms with van der Waals surface area (Å²) in [7, 11) is 0. The van der Waals surface area contributed by atoms with Gasteiger partial charge in [0.15, 0.2) is 0 Å². The van der Waals surface area contributed by atoms with Gasteiger partial charge in [-0.3, -0.25) is 0 Å². The largest absolute Gasteiger partial charge is 0.478 e. The van der Waals surface area contributed by atoms with Gasteiger partial charge in [0, 0.05) is 23.1 Å². The van der Waals surface area contributed by atoms with Gasteiger partial charge >= 0.3 is 12.1 Å². The number of aromatic nitrogens is 1. The maximum Gasteiger partial charge on any atom is 0.416 e. The van der Waals surface area contributed by atoms with Gasteiger partial charge in [-0.2, -0.15) is 13.2 Å². The molecule has 1 aliphatic rings. The van der Waals surface area contributed by atoms with Crippen LogP contribution < -0.4 is 0 Å². The van der Waals surface area contributed by atoms with Gasteiger partial charge < -0.3 is 9.67 Å². The van der Waals surface area contributed by atoms with Crippen molar-refractivity contribution in [3.05, 3.63) is 35.5 Å². The summed E-state index contributed by atoms with van der Waals surface area (Å²) in [5, 5.41) is 9.45. The van der Waals surface area contributed by atoms with E-state index in [1.807, 2.05) is 0 Å². The second-order valence-electron chi connectivity index (χ2n) is 4.72. The van der Waals surface area contributed by atoms with E-state index < -0.39 is 17.7 Å². The van der Waals surface area contributed by atoms with Crippen LogP contribution in [0.3, 0.4) is 0 Å². The Morgan fingerprint density at radius 3 is 2.53 bits per heavy atom. The van der Waals surface area contributed by atoms with E-state index in [2.05, 4.69) is 0 Å². The number of carboxylic acids is 1. The molecule has 0 atom stereocenters. The second-order valence-corrected chi connectivity index (χ2v) is 4.72. The number of fused-ring (bicyclic) bond motifs is 1. The topological polar surface area (TPSA) is 42.2 Å².